The second kappa shape index (κ2) is 19.7. The van der Waals surface area contributed by atoms with Crippen molar-refractivity contribution in [1.29, 1.82) is 0 Å². The fourth-order valence-corrected chi connectivity index (χ4v) is 11.5. The molecule has 3 aliphatic heterocycles. The van der Waals surface area contributed by atoms with Gasteiger partial charge in [-0.2, -0.15) is 0 Å². The SMILES string of the molecule is CO/N=C(\C(=O)NC1C(=O)N2C(C(=O)OC(c3ccccc3)c3ccccc3)=C(SC3COCOC3)CS[C@H]12)c1csc(NC(c2ccccc2)(c2ccccc2)c2ccccc2)n1. The number of rotatable bonds is 15. The van der Waals surface area contributed by atoms with E-state index in [-0.39, 0.29) is 29.1 Å². The number of esters is 1. The number of hydrogen-bond donors (Lipinski definition) is 2. The topological polar surface area (TPSA) is 141 Å². The van der Waals surface area contributed by atoms with E-state index in [2.05, 4.69) is 52.2 Å². The van der Waals surface area contributed by atoms with Crippen molar-refractivity contribution in [2.24, 2.45) is 5.16 Å². The molecule has 2 amide bonds. The summed E-state index contributed by atoms with van der Waals surface area (Å²) in [5, 5.41) is 12.3. The molecule has 6 aromatic rings. The molecule has 2 N–H and O–H groups in total. The Kier molecular flexibility index (Phi) is 13.2. The standard InChI is InChI=1S/C49H43N5O7S3/c1-58-53-40(38-29-63-48(50-38)52-49(34-21-11-4-12-22-34,35-23-13-5-14-24-35)36-25-15-6-16-26-36)44(55)51-41-45(56)54-42(39(30-62-46(41)54)64-37-27-59-31-60-28-37)47(57)61-43(32-17-7-2-8-18-32)33-19-9-3-10-20-33/h2-26,29,37,41,43,46H,27-28,30-31H2,1H3,(H,50,52)(H,51,55)/b53-40-/t41?,46-/m1/s1. The Morgan fingerprint density at radius 2 is 1.34 bits per heavy atom. The van der Waals surface area contributed by atoms with Crippen molar-refractivity contribution in [2.75, 3.05) is 38.2 Å². The second-order valence-corrected chi connectivity index (χ2v) is 18.3. The molecule has 2 fully saturated rings. The molecule has 1 unspecified atom stereocenters. The molecule has 0 radical (unpaired) electrons. The Balaban J connectivity index is 0.979. The highest BCUT2D eigenvalue weighted by Gasteiger charge is 2.55. The zero-order valence-corrected chi connectivity index (χ0v) is 37.0. The lowest BCUT2D eigenvalue weighted by Gasteiger charge is -2.49. The number of thiazole rings is 1. The number of anilines is 1. The first-order valence-corrected chi connectivity index (χ1v) is 23.4. The molecule has 0 aliphatic carbocycles. The van der Waals surface area contributed by atoms with E-state index in [1.807, 2.05) is 115 Å². The molecule has 3 aliphatic rings. The summed E-state index contributed by atoms with van der Waals surface area (Å²) in [7, 11) is 1.35. The molecular weight excluding hydrogens is 867 g/mol. The number of benzene rings is 5. The molecule has 5 aromatic carbocycles. The van der Waals surface area contributed by atoms with Crippen molar-refractivity contribution < 1.29 is 33.4 Å². The normalized spacial score (nSPS) is 17.9. The third-order valence-electron chi connectivity index (χ3n) is 11.0. The van der Waals surface area contributed by atoms with Crippen LogP contribution in [0.4, 0.5) is 5.13 Å². The molecule has 0 spiro atoms. The molecule has 2 atom stereocenters. The zero-order valence-electron chi connectivity index (χ0n) is 34.6. The molecule has 64 heavy (non-hydrogen) atoms. The van der Waals surface area contributed by atoms with E-state index in [1.165, 1.54) is 46.9 Å². The number of amides is 2. The summed E-state index contributed by atoms with van der Waals surface area (Å²) in [5.74, 6) is -1.38. The second-order valence-electron chi connectivity index (χ2n) is 15.0. The van der Waals surface area contributed by atoms with Gasteiger partial charge in [-0.1, -0.05) is 157 Å². The highest BCUT2D eigenvalue weighted by molar-refractivity contribution is 8.06. The molecular formula is C49H43N5O7S3. The van der Waals surface area contributed by atoms with Gasteiger partial charge in [0.25, 0.3) is 11.8 Å². The lowest BCUT2D eigenvalue weighted by Crippen LogP contribution is -2.71. The first-order chi connectivity index (χ1) is 31.4. The smallest absolute Gasteiger partial charge is 0.356 e. The molecule has 2 saturated heterocycles. The lowest BCUT2D eigenvalue weighted by atomic mass is 9.77. The van der Waals surface area contributed by atoms with Crippen LogP contribution in [0.3, 0.4) is 0 Å². The third-order valence-corrected chi connectivity index (χ3v) is 14.4. The molecule has 15 heteroatoms. The number of fused-ring (bicyclic) bond motifs is 1. The summed E-state index contributed by atoms with van der Waals surface area (Å²) < 4.78 is 17.5. The average Bonchev–Trinajstić information content (AvgIpc) is 3.82. The van der Waals surface area contributed by atoms with Crippen LogP contribution in [-0.2, 0) is 39.0 Å². The Morgan fingerprint density at radius 3 is 1.88 bits per heavy atom. The van der Waals surface area contributed by atoms with Gasteiger partial charge in [-0.05, 0) is 27.8 Å². The number of oxime groups is 1. The lowest BCUT2D eigenvalue weighted by molar-refractivity contribution is -0.154. The monoisotopic (exact) mass is 909 g/mol. The predicted octanol–water partition coefficient (Wildman–Crippen LogP) is 7.95. The number of nitrogens with one attached hydrogen (secondary N) is 2. The quantitative estimate of drug-likeness (QED) is 0.0341. The predicted molar refractivity (Wildman–Crippen MR) is 250 cm³/mol. The summed E-state index contributed by atoms with van der Waals surface area (Å²) in [6, 6.07) is 48.3. The van der Waals surface area contributed by atoms with E-state index in [9.17, 15) is 14.4 Å². The van der Waals surface area contributed by atoms with Crippen LogP contribution < -0.4 is 10.6 Å². The highest BCUT2D eigenvalue weighted by atomic mass is 32.2. The van der Waals surface area contributed by atoms with Crippen molar-refractivity contribution in [1.82, 2.24) is 15.2 Å². The van der Waals surface area contributed by atoms with Gasteiger partial charge in [-0.15, -0.1) is 34.9 Å². The van der Waals surface area contributed by atoms with Crippen LogP contribution in [0.25, 0.3) is 0 Å². The number of ether oxygens (including phenoxy) is 3. The molecule has 9 rings (SSSR count). The number of nitrogens with zero attached hydrogens (tertiary/aromatic N) is 3. The summed E-state index contributed by atoms with van der Waals surface area (Å²) in [4.78, 5) is 55.2. The number of carbonyl (C=O) groups is 3. The van der Waals surface area contributed by atoms with Crippen LogP contribution in [0.2, 0.25) is 0 Å². The van der Waals surface area contributed by atoms with E-state index in [0.717, 1.165) is 27.8 Å². The molecule has 4 heterocycles. The number of aromatic nitrogens is 1. The minimum atomic E-state index is -0.979. The fraction of sp³-hybridized carbons (Fsp3) is 0.204. The highest BCUT2D eigenvalue weighted by Crippen LogP contribution is 2.46. The van der Waals surface area contributed by atoms with Crippen molar-refractivity contribution in [2.45, 2.75) is 28.3 Å². The van der Waals surface area contributed by atoms with Crippen molar-refractivity contribution >= 4 is 63.5 Å². The van der Waals surface area contributed by atoms with E-state index in [0.29, 0.717) is 29.0 Å². The molecule has 0 saturated carbocycles. The van der Waals surface area contributed by atoms with Crippen LogP contribution >= 0.6 is 34.9 Å². The van der Waals surface area contributed by atoms with E-state index in [4.69, 9.17) is 24.0 Å². The third kappa shape index (κ3) is 8.81. The van der Waals surface area contributed by atoms with Crippen LogP contribution in [-0.4, -0.2) is 82.9 Å². The zero-order chi connectivity index (χ0) is 43.9. The van der Waals surface area contributed by atoms with Crippen LogP contribution in [0.1, 0.15) is 39.6 Å². The largest absolute Gasteiger partial charge is 0.448 e. The summed E-state index contributed by atoms with van der Waals surface area (Å²) in [5.41, 5.74) is 3.95. The van der Waals surface area contributed by atoms with Gasteiger partial charge in [0.15, 0.2) is 16.9 Å². The van der Waals surface area contributed by atoms with Gasteiger partial charge in [0, 0.05) is 16.0 Å². The summed E-state index contributed by atoms with van der Waals surface area (Å²) >= 11 is 4.20. The number of thioether (sulfide) groups is 2. The van der Waals surface area contributed by atoms with E-state index >= 15 is 0 Å². The first kappa shape index (κ1) is 43.0. The van der Waals surface area contributed by atoms with E-state index < -0.39 is 40.8 Å². The maximum atomic E-state index is 14.5. The first-order valence-electron chi connectivity index (χ1n) is 20.6. The molecule has 0 bridgehead atoms. The van der Waals surface area contributed by atoms with Crippen molar-refractivity contribution in [3.63, 3.8) is 0 Å². The van der Waals surface area contributed by atoms with Gasteiger partial charge in [-0.3, -0.25) is 14.5 Å². The number of β-lactam (4-membered cyclic amide) rings is 1. The van der Waals surface area contributed by atoms with Gasteiger partial charge in [-0.25, -0.2) is 9.78 Å². The van der Waals surface area contributed by atoms with Gasteiger partial charge >= 0.3 is 5.97 Å². The van der Waals surface area contributed by atoms with Gasteiger partial charge in [0.1, 0.15) is 42.2 Å². The Hall–Kier alpha value is -6.23. The van der Waals surface area contributed by atoms with Crippen LogP contribution in [0.15, 0.2) is 173 Å². The Labute approximate surface area is 383 Å². The Morgan fingerprint density at radius 1 is 0.812 bits per heavy atom. The average molecular weight is 910 g/mol. The fourth-order valence-electron chi connectivity index (χ4n) is 8.04. The van der Waals surface area contributed by atoms with E-state index in [1.54, 1.807) is 5.38 Å². The van der Waals surface area contributed by atoms with Crippen molar-refractivity contribution in [3.8, 4) is 0 Å². The molecule has 12 nitrogen and oxygen atoms in total. The maximum Gasteiger partial charge on any atom is 0.356 e. The maximum absolute atomic E-state index is 14.5. The minimum absolute atomic E-state index is 0.0989. The van der Waals surface area contributed by atoms with Gasteiger partial charge in [0.05, 0.1) is 18.5 Å². The summed E-state index contributed by atoms with van der Waals surface area (Å²) in [6.07, 6.45) is -0.738. The summed E-state index contributed by atoms with van der Waals surface area (Å²) in [6.45, 7) is 1.05. The number of carbonyl (C=O) groups excluding carboxylic acids is 3. The molecule has 1 aromatic heterocycles. The molecule has 324 valence electrons. The minimum Gasteiger partial charge on any atom is -0.448 e. The van der Waals surface area contributed by atoms with Gasteiger partial charge in [0.2, 0.25) is 0 Å². The number of hydrogen-bond acceptors (Lipinski definition) is 13. The van der Waals surface area contributed by atoms with Gasteiger partial charge < -0.3 is 29.7 Å². The van der Waals surface area contributed by atoms with Crippen LogP contribution in [0.5, 0.6) is 0 Å². The Bertz CT molecular complexity index is 2490. The van der Waals surface area contributed by atoms with Crippen LogP contribution in [0, 0.1) is 0 Å². The van der Waals surface area contributed by atoms with Crippen molar-refractivity contribution in [3.05, 3.63) is 201 Å².